The Hall–Kier alpha value is -1.72. The molecule has 0 spiro atoms. The summed E-state index contributed by atoms with van der Waals surface area (Å²) in [6, 6.07) is 9.04. The van der Waals surface area contributed by atoms with Crippen LogP contribution in [0, 0.1) is 0 Å². The van der Waals surface area contributed by atoms with E-state index in [2.05, 4.69) is 15.5 Å². The second-order valence-corrected chi connectivity index (χ2v) is 4.50. The Labute approximate surface area is 115 Å². The number of hydrogen-bond donors (Lipinski definition) is 2. The zero-order chi connectivity index (χ0) is 13.0. The number of nitrogens with one attached hydrogen (secondary N) is 1. The lowest BCUT2D eigenvalue weighted by atomic mass is 10.1. The maximum absolute atomic E-state index is 5.95. The fourth-order valence-electron chi connectivity index (χ4n) is 1.49. The minimum Gasteiger partial charge on any atom is -0.389 e. The van der Waals surface area contributed by atoms with Crippen LogP contribution < -0.4 is 11.1 Å². The maximum Gasteiger partial charge on any atom is 0.106 e. The van der Waals surface area contributed by atoms with E-state index in [0.717, 1.165) is 16.9 Å². The predicted molar refractivity (Wildman–Crippen MR) is 76.7 cm³/mol. The molecule has 0 fully saturated rings. The van der Waals surface area contributed by atoms with E-state index in [4.69, 9.17) is 29.6 Å². The van der Waals surface area contributed by atoms with Crippen molar-refractivity contribution >= 4 is 34.5 Å². The second-order valence-electron chi connectivity index (χ2n) is 3.62. The van der Waals surface area contributed by atoms with Crippen LogP contribution in [0.5, 0.6) is 0 Å². The van der Waals surface area contributed by atoms with Crippen LogP contribution in [-0.2, 0) is 6.54 Å². The molecule has 0 atom stereocenters. The number of hydrogen-bond acceptors (Lipinski definition) is 4. The molecule has 6 heteroatoms. The van der Waals surface area contributed by atoms with E-state index in [-0.39, 0.29) is 0 Å². The van der Waals surface area contributed by atoms with Crippen molar-refractivity contribution in [2.45, 2.75) is 6.54 Å². The molecule has 1 aromatic carbocycles. The van der Waals surface area contributed by atoms with Gasteiger partial charge in [0.05, 0.1) is 12.2 Å². The summed E-state index contributed by atoms with van der Waals surface area (Å²) < 4.78 is 0. The fraction of sp³-hybridized carbons (Fsp3) is 0.0833. The van der Waals surface area contributed by atoms with E-state index in [0.29, 0.717) is 16.6 Å². The molecule has 2 rings (SSSR count). The summed E-state index contributed by atoms with van der Waals surface area (Å²) in [7, 11) is 0. The Kier molecular flexibility index (Phi) is 4.07. The normalized spacial score (nSPS) is 10.1. The Balaban J connectivity index is 2.18. The van der Waals surface area contributed by atoms with Crippen LogP contribution in [0.15, 0.2) is 36.5 Å². The molecule has 0 aliphatic carbocycles. The fourth-order valence-corrected chi connectivity index (χ4v) is 1.84. The second kappa shape index (κ2) is 5.75. The third-order valence-corrected chi connectivity index (χ3v) is 2.79. The molecule has 3 N–H and O–H groups in total. The summed E-state index contributed by atoms with van der Waals surface area (Å²) in [5.74, 6) is 0. The molecule has 0 saturated carbocycles. The molecule has 0 unspecified atom stereocenters. The van der Waals surface area contributed by atoms with Gasteiger partial charge < -0.3 is 11.1 Å². The molecule has 0 amide bonds. The smallest absolute Gasteiger partial charge is 0.106 e. The van der Waals surface area contributed by atoms with E-state index >= 15 is 0 Å². The monoisotopic (exact) mass is 278 g/mol. The van der Waals surface area contributed by atoms with Crippen LogP contribution in [0.25, 0.3) is 0 Å². The Bertz CT molecular complexity index is 559. The first-order valence-corrected chi connectivity index (χ1v) is 6.05. The number of rotatable bonds is 4. The lowest BCUT2D eigenvalue weighted by Crippen LogP contribution is -2.13. The molecular weight excluding hydrogens is 268 g/mol. The summed E-state index contributed by atoms with van der Waals surface area (Å²) in [4.78, 5) is 0.327. The summed E-state index contributed by atoms with van der Waals surface area (Å²) >= 11 is 10.9. The maximum atomic E-state index is 5.95. The van der Waals surface area contributed by atoms with Gasteiger partial charge in [0.15, 0.2) is 0 Å². The van der Waals surface area contributed by atoms with E-state index in [1.807, 2.05) is 12.1 Å². The highest BCUT2D eigenvalue weighted by Gasteiger charge is 2.06. The molecule has 0 radical (unpaired) electrons. The first-order valence-electron chi connectivity index (χ1n) is 5.26. The van der Waals surface area contributed by atoms with Crippen molar-refractivity contribution in [1.29, 1.82) is 0 Å². The van der Waals surface area contributed by atoms with Gasteiger partial charge in [-0.05, 0) is 30.3 Å². The van der Waals surface area contributed by atoms with Gasteiger partial charge in [0, 0.05) is 22.5 Å². The van der Waals surface area contributed by atoms with Crippen LogP contribution in [0.4, 0.5) is 5.69 Å². The van der Waals surface area contributed by atoms with Gasteiger partial charge in [-0.2, -0.15) is 10.2 Å². The van der Waals surface area contributed by atoms with Crippen LogP contribution in [-0.4, -0.2) is 15.2 Å². The Morgan fingerprint density at radius 1 is 1.39 bits per heavy atom. The van der Waals surface area contributed by atoms with Crippen molar-refractivity contribution in [1.82, 2.24) is 10.2 Å². The first kappa shape index (κ1) is 12.7. The predicted octanol–water partition coefficient (Wildman–Crippen LogP) is 2.38. The van der Waals surface area contributed by atoms with E-state index in [1.165, 1.54) is 0 Å². The zero-order valence-corrected chi connectivity index (χ0v) is 11.0. The number of halogens is 1. The van der Waals surface area contributed by atoms with E-state index in [9.17, 15) is 0 Å². The largest absolute Gasteiger partial charge is 0.389 e. The van der Waals surface area contributed by atoms with Crippen molar-refractivity contribution in [2.75, 3.05) is 5.32 Å². The Morgan fingerprint density at radius 2 is 2.22 bits per heavy atom. The summed E-state index contributed by atoms with van der Waals surface area (Å²) in [5, 5.41) is 11.6. The van der Waals surface area contributed by atoms with Gasteiger partial charge >= 0.3 is 0 Å². The minimum atomic E-state index is 0.327. The third-order valence-electron chi connectivity index (χ3n) is 2.33. The molecule has 0 aliphatic rings. The highest BCUT2D eigenvalue weighted by Crippen LogP contribution is 2.21. The van der Waals surface area contributed by atoms with Crippen molar-refractivity contribution < 1.29 is 0 Å². The van der Waals surface area contributed by atoms with Crippen molar-refractivity contribution in [2.24, 2.45) is 5.73 Å². The van der Waals surface area contributed by atoms with Crippen LogP contribution in [0.3, 0.4) is 0 Å². The topological polar surface area (TPSA) is 63.8 Å². The summed E-state index contributed by atoms with van der Waals surface area (Å²) in [5.41, 5.74) is 8.03. The quantitative estimate of drug-likeness (QED) is 0.841. The third kappa shape index (κ3) is 3.15. The van der Waals surface area contributed by atoms with Gasteiger partial charge in [0.25, 0.3) is 0 Å². The van der Waals surface area contributed by atoms with Crippen LogP contribution in [0.1, 0.15) is 11.3 Å². The SMILES string of the molecule is NC(=S)c1ccc(Cl)cc1NCc1cccnn1. The first-order chi connectivity index (χ1) is 8.66. The van der Waals surface area contributed by atoms with Gasteiger partial charge in [-0.1, -0.05) is 23.8 Å². The van der Waals surface area contributed by atoms with Crippen LogP contribution in [0.2, 0.25) is 5.02 Å². The molecule has 4 nitrogen and oxygen atoms in total. The Morgan fingerprint density at radius 3 is 2.89 bits per heavy atom. The lowest BCUT2D eigenvalue weighted by Gasteiger charge is -2.11. The molecule has 1 heterocycles. The van der Waals surface area contributed by atoms with Gasteiger partial charge in [-0.15, -0.1) is 0 Å². The minimum absolute atomic E-state index is 0.327. The molecule has 0 bridgehead atoms. The molecule has 18 heavy (non-hydrogen) atoms. The van der Waals surface area contributed by atoms with Gasteiger partial charge in [-0.25, -0.2) is 0 Å². The molecular formula is C12H11ClN4S. The average Bonchev–Trinajstić information content (AvgIpc) is 2.37. The van der Waals surface area contributed by atoms with Gasteiger partial charge in [0.2, 0.25) is 0 Å². The van der Waals surface area contributed by atoms with E-state index < -0.39 is 0 Å². The molecule has 92 valence electrons. The average molecular weight is 279 g/mol. The number of nitrogens with two attached hydrogens (primary N) is 1. The van der Waals surface area contributed by atoms with Crippen molar-refractivity contribution in [3.8, 4) is 0 Å². The van der Waals surface area contributed by atoms with Gasteiger partial charge in [-0.3, -0.25) is 0 Å². The number of thiocarbonyl (C=S) groups is 1. The molecule has 2 aromatic rings. The molecule has 0 saturated heterocycles. The molecule has 0 aliphatic heterocycles. The highest BCUT2D eigenvalue weighted by atomic mass is 35.5. The van der Waals surface area contributed by atoms with Crippen molar-refractivity contribution in [3.05, 3.63) is 52.8 Å². The lowest BCUT2D eigenvalue weighted by molar-refractivity contribution is 0.925. The van der Waals surface area contributed by atoms with Gasteiger partial charge in [0.1, 0.15) is 4.99 Å². The standard InChI is InChI=1S/C12H11ClN4S/c13-8-3-4-10(12(14)18)11(6-8)15-7-9-2-1-5-16-17-9/h1-6,15H,7H2,(H2,14,18). The number of aromatic nitrogens is 2. The molecule has 1 aromatic heterocycles. The summed E-state index contributed by atoms with van der Waals surface area (Å²) in [6.45, 7) is 0.532. The number of nitrogens with zero attached hydrogens (tertiary/aromatic N) is 2. The number of anilines is 1. The van der Waals surface area contributed by atoms with E-state index in [1.54, 1.807) is 24.4 Å². The number of benzene rings is 1. The zero-order valence-electron chi connectivity index (χ0n) is 9.43. The highest BCUT2D eigenvalue weighted by molar-refractivity contribution is 7.80. The summed E-state index contributed by atoms with van der Waals surface area (Å²) in [6.07, 6.45) is 1.63. The van der Waals surface area contributed by atoms with Crippen LogP contribution >= 0.6 is 23.8 Å². The van der Waals surface area contributed by atoms with Crippen molar-refractivity contribution in [3.63, 3.8) is 0 Å².